The summed E-state index contributed by atoms with van der Waals surface area (Å²) in [7, 11) is 1.71. The number of methoxy groups -OCH3 is 1. The predicted octanol–water partition coefficient (Wildman–Crippen LogP) is 2.82. The van der Waals surface area contributed by atoms with Crippen molar-refractivity contribution in [3.8, 4) is 5.75 Å². The molecule has 3 unspecified atom stereocenters. The Labute approximate surface area is 116 Å². The van der Waals surface area contributed by atoms with Crippen LogP contribution in [0.4, 0.5) is 0 Å². The van der Waals surface area contributed by atoms with Crippen molar-refractivity contribution in [1.29, 1.82) is 0 Å². The summed E-state index contributed by atoms with van der Waals surface area (Å²) >= 11 is 0. The molecule has 19 heavy (non-hydrogen) atoms. The Balaban J connectivity index is 2.12. The lowest BCUT2D eigenvalue weighted by Crippen LogP contribution is -2.34. The van der Waals surface area contributed by atoms with Gasteiger partial charge in [0, 0.05) is 12.1 Å². The van der Waals surface area contributed by atoms with Gasteiger partial charge in [0.15, 0.2) is 0 Å². The first-order valence-corrected chi connectivity index (χ1v) is 7.21. The van der Waals surface area contributed by atoms with Crippen LogP contribution in [-0.4, -0.2) is 24.4 Å². The van der Waals surface area contributed by atoms with Gasteiger partial charge < -0.3 is 15.2 Å². The lowest BCUT2D eigenvalue weighted by atomic mass is 9.87. The van der Waals surface area contributed by atoms with Gasteiger partial charge in [-0.3, -0.25) is 0 Å². The molecule has 0 spiro atoms. The van der Waals surface area contributed by atoms with Crippen LogP contribution in [0, 0.1) is 0 Å². The van der Waals surface area contributed by atoms with Gasteiger partial charge in [-0.25, -0.2) is 0 Å². The molecule has 3 nitrogen and oxygen atoms in total. The number of aryl methyl sites for hydroxylation is 1. The minimum Gasteiger partial charge on any atom is -0.497 e. The van der Waals surface area contributed by atoms with Gasteiger partial charge in [0.2, 0.25) is 0 Å². The van der Waals surface area contributed by atoms with Gasteiger partial charge in [-0.1, -0.05) is 6.07 Å². The summed E-state index contributed by atoms with van der Waals surface area (Å²) in [6, 6.07) is 7.08. The maximum atomic E-state index is 9.47. The standard InChI is InChI=1S/C16H25NO2/c1-11(9-12(2)18)17-16-6-4-5-13-7-8-14(19-3)10-15(13)16/h7-8,10-12,16-18H,4-6,9H2,1-3H3. The largest absolute Gasteiger partial charge is 0.497 e. The van der Waals surface area contributed by atoms with E-state index in [1.54, 1.807) is 7.11 Å². The van der Waals surface area contributed by atoms with Crippen LogP contribution in [0.25, 0.3) is 0 Å². The van der Waals surface area contributed by atoms with Crippen LogP contribution in [0.3, 0.4) is 0 Å². The van der Waals surface area contributed by atoms with Crippen molar-refractivity contribution < 1.29 is 9.84 Å². The second-order valence-corrected chi connectivity index (χ2v) is 5.66. The molecule has 1 aliphatic carbocycles. The normalized spacial score (nSPS) is 21.6. The lowest BCUT2D eigenvalue weighted by Gasteiger charge is -2.30. The monoisotopic (exact) mass is 263 g/mol. The predicted molar refractivity (Wildman–Crippen MR) is 77.6 cm³/mol. The molecule has 0 aliphatic heterocycles. The van der Waals surface area contributed by atoms with Crippen molar-refractivity contribution in [2.24, 2.45) is 0 Å². The maximum Gasteiger partial charge on any atom is 0.119 e. The Morgan fingerprint density at radius 1 is 1.42 bits per heavy atom. The third-order valence-electron chi connectivity index (χ3n) is 3.85. The first-order chi connectivity index (χ1) is 9.10. The fourth-order valence-corrected chi connectivity index (χ4v) is 3.00. The van der Waals surface area contributed by atoms with Crippen molar-refractivity contribution in [3.63, 3.8) is 0 Å². The Kier molecular flexibility index (Phi) is 4.83. The van der Waals surface area contributed by atoms with Crippen molar-refractivity contribution >= 4 is 0 Å². The van der Waals surface area contributed by atoms with Gasteiger partial charge in [-0.15, -0.1) is 0 Å². The summed E-state index contributed by atoms with van der Waals surface area (Å²) in [6.45, 7) is 3.98. The van der Waals surface area contributed by atoms with E-state index in [1.807, 2.05) is 13.0 Å². The van der Waals surface area contributed by atoms with Crippen molar-refractivity contribution in [3.05, 3.63) is 29.3 Å². The molecule has 3 atom stereocenters. The molecule has 0 aromatic heterocycles. The molecule has 1 aromatic rings. The fourth-order valence-electron chi connectivity index (χ4n) is 3.00. The Morgan fingerprint density at radius 2 is 2.21 bits per heavy atom. The number of fused-ring (bicyclic) bond motifs is 1. The van der Waals surface area contributed by atoms with E-state index in [0.29, 0.717) is 12.1 Å². The summed E-state index contributed by atoms with van der Waals surface area (Å²) in [5.74, 6) is 0.927. The number of ether oxygens (including phenoxy) is 1. The molecule has 2 rings (SSSR count). The number of benzene rings is 1. The quantitative estimate of drug-likeness (QED) is 0.858. The Morgan fingerprint density at radius 3 is 2.89 bits per heavy atom. The van der Waals surface area contributed by atoms with Crippen LogP contribution in [-0.2, 0) is 6.42 Å². The molecule has 0 fully saturated rings. The average molecular weight is 263 g/mol. The third-order valence-corrected chi connectivity index (χ3v) is 3.85. The molecule has 2 N–H and O–H groups in total. The maximum absolute atomic E-state index is 9.47. The highest BCUT2D eigenvalue weighted by molar-refractivity contribution is 5.39. The van der Waals surface area contributed by atoms with Gasteiger partial charge in [0.05, 0.1) is 13.2 Å². The van der Waals surface area contributed by atoms with Gasteiger partial charge >= 0.3 is 0 Å². The first kappa shape index (κ1) is 14.4. The van der Waals surface area contributed by atoms with E-state index in [1.165, 1.54) is 17.5 Å². The number of aliphatic hydroxyl groups is 1. The number of hydrogen-bond acceptors (Lipinski definition) is 3. The molecular formula is C16H25NO2. The van der Waals surface area contributed by atoms with Crippen LogP contribution in [0.2, 0.25) is 0 Å². The van der Waals surface area contributed by atoms with Crippen LogP contribution in [0.5, 0.6) is 5.75 Å². The van der Waals surface area contributed by atoms with E-state index in [4.69, 9.17) is 4.74 Å². The number of aliphatic hydroxyl groups excluding tert-OH is 1. The lowest BCUT2D eigenvalue weighted by molar-refractivity contribution is 0.167. The second-order valence-electron chi connectivity index (χ2n) is 5.66. The van der Waals surface area contributed by atoms with Gasteiger partial charge in [-0.05, 0) is 62.8 Å². The molecule has 3 heteroatoms. The molecule has 0 saturated heterocycles. The molecular weight excluding hydrogens is 238 g/mol. The summed E-state index contributed by atoms with van der Waals surface area (Å²) in [5.41, 5.74) is 2.79. The van der Waals surface area contributed by atoms with E-state index in [0.717, 1.165) is 25.0 Å². The van der Waals surface area contributed by atoms with Gasteiger partial charge in [-0.2, -0.15) is 0 Å². The highest BCUT2D eigenvalue weighted by Gasteiger charge is 2.22. The average Bonchev–Trinajstić information content (AvgIpc) is 2.37. The summed E-state index contributed by atoms with van der Waals surface area (Å²) in [6.07, 6.45) is 4.07. The highest BCUT2D eigenvalue weighted by atomic mass is 16.5. The topological polar surface area (TPSA) is 41.5 Å². The SMILES string of the molecule is COc1ccc2c(c1)C(NC(C)CC(C)O)CCC2. The Bertz CT molecular complexity index is 417. The zero-order chi connectivity index (χ0) is 13.8. The van der Waals surface area contributed by atoms with Crippen molar-refractivity contribution in [2.45, 2.75) is 57.7 Å². The van der Waals surface area contributed by atoms with Crippen LogP contribution < -0.4 is 10.1 Å². The minimum absolute atomic E-state index is 0.254. The number of rotatable bonds is 5. The Hall–Kier alpha value is -1.06. The third kappa shape index (κ3) is 3.71. The highest BCUT2D eigenvalue weighted by Crippen LogP contribution is 2.32. The van der Waals surface area contributed by atoms with Crippen molar-refractivity contribution in [1.82, 2.24) is 5.32 Å². The molecule has 0 amide bonds. The number of nitrogens with one attached hydrogen (secondary N) is 1. The molecule has 0 heterocycles. The molecule has 0 bridgehead atoms. The van der Waals surface area contributed by atoms with E-state index in [-0.39, 0.29) is 6.10 Å². The van der Waals surface area contributed by atoms with Gasteiger partial charge in [0.25, 0.3) is 0 Å². The van der Waals surface area contributed by atoms with E-state index < -0.39 is 0 Å². The minimum atomic E-state index is -0.254. The van der Waals surface area contributed by atoms with Crippen LogP contribution in [0.1, 0.15) is 50.3 Å². The smallest absolute Gasteiger partial charge is 0.119 e. The molecule has 1 aromatic carbocycles. The molecule has 1 aliphatic rings. The second kappa shape index (κ2) is 6.40. The summed E-state index contributed by atoms with van der Waals surface area (Å²) in [5, 5.41) is 13.1. The van der Waals surface area contributed by atoms with E-state index >= 15 is 0 Å². The van der Waals surface area contributed by atoms with E-state index in [2.05, 4.69) is 24.4 Å². The number of hydrogen-bond donors (Lipinski definition) is 2. The fraction of sp³-hybridized carbons (Fsp3) is 0.625. The zero-order valence-electron chi connectivity index (χ0n) is 12.1. The van der Waals surface area contributed by atoms with Gasteiger partial charge in [0.1, 0.15) is 5.75 Å². The molecule has 106 valence electrons. The van der Waals surface area contributed by atoms with Crippen molar-refractivity contribution in [2.75, 3.05) is 7.11 Å². The summed E-state index contributed by atoms with van der Waals surface area (Å²) < 4.78 is 5.33. The zero-order valence-corrected chi connectivity index (χ0v) is 12.1. The molecule has 0 saturated carbocycles. The molecule has 0 radical (unpaired) electrons. The summed E-state index contributed by atoms with van der Waals surface area (Å²) in [4.78, 5) is 0. The van der Waals surface area contributed by atoms with Crippen LogP contribution >= 0.6 is 0 Å². The first-order valence-electron chi connectivity index (χ1n) is 7.21. The van der Waals surface area contributed by atoms with E-state index in [9.17, 15) is 5.11 Å². The van der Waals surface area contributed by atoms with Crippen LogP contribution in [0.15, 0.2) is 18.2 Å².